The molecule has 4 aliphatic rings. The van der Waals surface area contributed by atoms with Gasteiger partial charge in [0.25, 0.3) is 0 Å². The summed E-state index contributed by atoms with van der Waals surface area (Å²) >= 11 is 0. The molecule has 2 fully saturated rings. The van der Waals surface area contributed by atoms with Gasteiger partial charge in [-0.25, -0.2) is 0 Å². The molecule has 2 amide bonds. The van der Waals surface area contributed by atoms with Crippen LogP contribution in [0.25, 0.3) is 0 Å². The van der Waals surface area contributed by atoms with Crippen LogP contribution in [0.3, 0.4) is 0 Å². The summed E-state index contributed by atoms with van der Waals surface area (Å²) in [5.74, 6) is 0.0607. The first-order valence-corrected chi connectivity index (χ1v) is 14.3. The van der Waals surface area contributed by atoms with Crippen LogP contribution in [0.15, 0.2) is 48.5 Å². The second-order valence-electron chi connectivity index (χ2n) is 11.5. The van der Waals surface area contributed by atoms with Crippen molar-refractivity contribution in [1.82, 2.24) is 15.1 Å². The van der Waals surface area contributed by atoms with E-state index in [0.717, 1.165) is 56.9 Å². The Morgan fingerprint density at radius 2 is 1.70 bits per heavy atom. The molecule has 1 spiro atoms. The fourth-order valence-corrected chi connectivity index (χ4v) is 7.30. The van der Waals surface area contributed by atoms with Gasteiger partial charge in [-0.2, -0.15) is 0 Å². The second kappa shape index (κ2) is 10.2. The van der Waals surface area contributed by atoms with Crippen molar-refractivity contribution in [1.29, 1.82) is 0 Å². The number of carbonyl (C=O) groups is 2. The summed E-state index contributed by atoms with van der Waals surface area (Å²) in [6, 6.07) is 16.7. The van der Waals surface area contributed by atoms with Crippen molar-refractivity contribution in [3.63, 3.8) is 0 Å². The Balaban J connectivity index is 1.08. The van der Waals surface area contributed by atoms with Crippen LogP contribution in [0.2, 0.25) is 0 Å². The third kappa shape index (κ3) is 4.70. The molecule has 0 radical (unpaired) electrons. The number of carbonyl (C=O) groups excluding carboxylic acids is 2. The molecule has 2 aromatic carbocycles. The van der Waals surface area contributed by atoms with Gasteiger partial charge in [-0.05, 0) is 79.9 Å². The lowest BCUT2D eigenvalue weighted by atomic mass is 9.74. The van der Waals surface area contributed by atoms with Crippen LogP contribution < -0.4 is 10.2 Å². The maximum atomic E-state index is 13.6. The van der Waals surface area contributed by atoms with Gasteiger partial charge in [0.05, 0.1) is 0 Å². The average Bonchev–Trinajstić information content (AvgIpc) is 3.64. The standard InChI is InChI=1S/C31H40N4O2/c1-2-33-17-12-25(22-33)32-30(37)28-21-24-8-4-6-10-27(24)35(28)29(36)13-18-34-19-15-31(16-20-34)14-11-23-7-3-5-9-26(23)31/h3-10,25,28H,2,11-22H2,1H3,(H,32,37). The molecule has 2 unspecified atom stereocenters. The topological polar surface area (TPSA) is 55.9 Å². The number of piperidine rings is 1. The van der Waals surface area contributed by atoms with Gasteiger partial charge in [0.2, 0.25) is 11.8 Å². The van der Waals surface area contributed by atoms with Gasteiger partial charge in [-0.1, -0.05) is 49.4 Å². The Morgan fingerprint density at radius 3 is 2.49 bits per heavy atom. The van der Waals surface area contributed by atoms with Crippen molar-refractivity contribution in [2.75, 3.05) is 44.2 Å². The number of hydrogen-bond acceptors (Lipinski definition) is 4. The van der Waals surface area contributed by atoms with E-state index in [1.165, 1.54) is 31.2 Å². The first-order chi connectivity index (χ1) is 18.1. The van der Waals surface area contributed by atoms with E-state index in [2.05, 4.69) is 52.4 Å². The van der Waals surface area contributed by atoms with Crippen LogP contribution in [0.5, 0.6) is 0 Å². The summed E-state index contributed by atoms with van der Waals surface area (Å²) < 4.78 is 0. The molecule has 2 atom stereocenters. The number of para-hydroxylation sites is 1. The molecule has 6 nitrogen and oxygen atoms in total. The fraction of sp³-hybridized carbons (Fsp3) is 0.548. The van der Waals surface area contributed by atoms with E-state index in [9.17, 15) is 9.59 Å². The number of benzene rings is 2. The van der Waals surface area contributed by atoms with Crippen LogP contribution in [0.1, 0.15) is 55.7 Å². The van der Waals surface area contributed by atoms with Gasteiger partial charge in [0, 0.05) is 44.2 Å². The zero-order valence-electron chi connectivity index (χ0n) is 22.1. The van der Waals surface area contributed by atoms with E-state index >= 15 is 0 Å². The molecule has 1 aliphatic carbocycles. The molecule has 0 saturated carbocycles. The predicted octanol–water partition coefficient (Wildman–Crippen LogP) is 3.52. The number of anilines is 1. The van der Waals surface area contributed by atoms with E-state index in [1.54, 1.807) is 10.5 Å². The number of nitrogens with one attached hydrogen (secondary N) is 1. The number of fused-ring (bicyclic) bond motifs is 3. The number of hydrogen-bond donors (Lipinski definition) is 1. The Kier molecular flexibility index (Phi) is 6.80. The molecule has 196 valence electrons. The Hall–Kier alpha value is -2.70. The maximum absolute atomic E-state index is 13.6. The average molecular weight is 501 g/mol. The number of likely N-dealkylation sites (tertiary alicyclic amines) is 2. The molecule has 0 aromatic heterocycles. The van der Waals surface area contributed by atoms with Crippen molar-refractivity contribution < 1.29 is 9.59 Å². The molecule has 2 saturated heterocycles. The van der Waals surface area contributed by atoms with Crippen molar-refractivity contribution in [2.24, 2.45) is 0 Å². The molecule has 37 heavy (non-hydrogen) atoms. The molecular formula is C31H40N4O2. The minimum atomic E-state index is -0.444. The second-order valence-corrected chi connectivity index (χ2v) is 11.5. The van der Waals surface area contributed by atoms with E-state index in [4.69, 9.17) is 0 Å². The zero-order valence-corrected chi connectivity index (χ0v) is 22.1. The monoisotopic (exact) mass is 500 g/mol. The number of amides is 2. The maximum Gasteiger partial charge on any atom is 0.243 e. The van der Waals surface area contributed by atoms with Crippen LogP contribution in [-0.2, 0) is 27.8 Å². The van der Waals surface area contributed by atoms with Gasteiger partial charge < -0.3 is 15.1 Å². The molecule has 3 aliphatic heterocycles. The molecule has 1 N–H and O–H groups in total. The van der Waals surface area contributed by atoms with Crippen molar-refractivity contribution in [2.45, 2.75) is 69.4 Å². The molecule has 2 aromatic rings. The summed E-state index contributed by atoms with van der Waals surface area (Å²) in [7, 11) is 0. The predicted molar refractivity (Wildman–Crippen MR) is 147 cm³/mol. The minimum absolute atomic E-state index is 0.00711. The number of rotatable bonds is 6. The SMILES string of the molecule is CCN1CCC(NC(=O)C2Cc3ccccc3N2C(=O)CCN2CCC3(CCc4ccccc43)CC2)C1. The highest BCUT2D eigenvalue weighted by atomic mass is 16.2. The largest absolute Gasteiger partial charge is 0.350 e. The Morgan fingerprint density at radius 1 is 0.946 bits per heavy atom. The quantitative estimate of drug-likeness (QED) is 0.660. The van der Waals surface area contributed by atoms with E-state index in [1.807, 2.05) is 18.2 Å². The van der Waals surface area contributed by atoms with Crippen molar-refractivity contribution in [3.8, 4) is 0 Å². The molecule has 6 heteroatoms. The first kappa shape index (κ1) is 24.6. The van der Waals surface area contributed by atoms with Gasteiger partial charge >= 0.3 is 0 Å². The highest BCUT2D eigenvalue weighted by Crippen LogP contribution is 2.46. The first-order valence-electron chi connectivity index (χ1n) is 14.3. The van der Waals surface area contributed by atoms with Gasteiger partial charge in [0.15, 0.2) is 0 Å². The van der Waals surface area contributed by atoms with Crippen molar-refractivity contribution >= 4 is 17.5 Å². The lowest BCUT2D eigenvalue weighted by Gasteiger charge is -2.40. The fourth-order valence-electron chi connectivity index (χ4n) is 7.30. The van der Waals surface area contributed by atoms with E-state index < -0.39 is 6.04 Å². The lowest BCUT2D eigenvalue weighted by Crippen LogP contribution is -2.51. The normalized spacial score (nSPS) is 24.8. The third-order valence-corrected chi connectivity index (χ3v) is 9.53. The van der Waals surface area contributed by atoms with Crippen LogP contribution >= 0.6 is 0 Å². The molecular weight excluding hydrogens is 460 g/mol. The minimum Gasteiger partial charge on any atom is -0.350 e. The number of nitrogens with zero attached hydrogens (tertiary/aromatic N) is 3. The Labute approximate surface area is 221 Å². The summed E-state index contributed by atoms with van der Waals surface area (Å²) in [4.78, 5) is 33.6. The summed E-state index contributed by atoms with van der Waals surface area (Å²) in [6.45, 7) is 7.94. The van der Waals surface area contributed by atoms with Crippen molar-refractivity contribution in [3.05, 3.63) is 65.2 Å². The Bertz CT molecular complexity index is 1160. The molecule has 6 rings (SSSR count). The highest BCUT2D eigenvalue weighted by Gasteiger charge is 2.42. The molecule has 3 heterocycles. The van der Waals surface area contributed by atoms with Gasteiger partial charge in [0.1, 0.15) is 6.04 Å². The summed E-state index contributed by atoms with van der Waals surface area (Å²) in [5, 5.41) is 3.26. The van der Waals surface area contributed by atoms with Crippen LogP contribution in [0.4, 0.5) is 5.69 Å². The highest BCUT2D eigenvalue weighted by molar-refractivity contribution is 6.03. The summed E-state index contributed by atoms with van der Waals surface area (Å²) in [6.07, 6.45) is 6.84. The number of likely N-dealkylation sites (N-methyl/N-ethyl adjacent to an activating group) is 1. The molecule has 0 bridgehead atoms. The van der Waals surface area contributed by atoms with Crippen LogP contribution in [0, 0.1) is 0 Å². The third-order valence-electron chi connectivity index (χ3n) is 9.53. The smallest absolute Gasteiger partial charge is 0.243 e. The van der Waals surface area contributed by atoms with Gasteiger partial charge in [-0.15, -0.1) is 0 Å². The van der Waals surface area contributed by atoms with E-state index in [-0.39, 0.29) is 17.9 Å². The number of aryl methyl sites for hydroxylation is 1. The lowest BCUT2D eigenvalue weighted by molar-refractivity contribution is -0.126. The van der Waals surface area contributed by atoms with Crippen LogP contribution in [-0.4, -0.2) is 73.0 Å². The van der Waals surface area contributed by atoms with Gasteiger partial charge in [-0.3, -0.25) is 14.5 Å². The van der Waals surface area contributed by atoms with E-state index in [0.29, 0.717) is 18.3 Å². The zero-order chi connectivity index (χ0) is 25.4. The summed E-state index contributed by atoms with van der Waals surface area (Å²) in [5.41, 5.74) is 5.44.